The van der Waals surface area contributed by atoms with Gasteiger partial charge in [0.05, 0.1) is 13.2 Å². The molecule has 1 aliphatic heterocycles. The van der Waals surface area contributed by atoms with Crippen LogP contribution in [0, 0.1) is 5.82 Å². The summed E-state index contributed by atoms with van der Waals surface area (Å²) in [6.07, 6.45) is 0. The second-order valence-electron chi connectivity index (χ2n) is 4.78. The molecule has 0 bridgehead atoms. The molecule has 2 heterocycles. The maximum Gasteiger partial charge on any atom is 0.286 e. The van der Waals surface area contributed by atoms with Crippen molar-refractivity contribution in [3.05, 3.63) is 40.1 Å². The predicted octanol–water partition coefficient (Wildman–Crippen LogP) is 1.40. The maximum atomic E-state index is 12.8. The Balaban J connectivity index is 1.67. The van der Waals surface area contributed by atoms with E-state index in [-0.39, 0.29) is 15.9 Å². The topological polar surface area (TPSA) is 84.4 Å². The van der Waals surface area contributed by atoms with Crippen LogP contribution in [0.2, 0.25) is 0 Å². The van der Waals surface area contributed by atoms with E-state index in [1.165, 1.54) is 24.3 Å². The Kier molecular flexibility index (Phi) is 4.58. The molecule has 0 spiro atoms. The van der Waals surface area contributed by atoms with Crippen molar-refractivity contribution in [2.24, 2.45) is 0 Å². The van der Waals surface area contributed by atoms with Gasteiger partial charge in [-0.25, -0.2) is 4.39 Å². The number of anilines is 1. The van der Waals surface area contributed by atoms with E-state index in [1.54, 1.807) is 4.90 Å². The Morgan fingerprint density at radius 1 is 1.13 bits per heavy atom. The lowest BCUT2D eigenvalue weighted by Crippen LogP contribution is -2.40. The van der Waals surface area contributed by atoms with Crippen molar-refractivity contribution in [1.29, 1.82) is 0 Å². The third kappa shape index (κ3) is 3.69. The summed E-state index contributed by atoms with van der Waals surface area (Å²) in [4.78, 5) is 25.9. The molecule has 9 heteroatoms. The van der Waals surface area contributed by atoms with Crippen LogP contribution in [0.1, 0.15) is 19.6 Å². The molecule has 3 rings (SSSR count). The molecule has 0 saturated carbocycles. The molecule has 1 saturated heterocycles. The minimum Gasteiger partial charge on any atom is -0.378 e. The standard InChI is InChI=1S/C14H13FN4O3S/c15-9-1-3-10(4-2-9)16-11(20)12-17-18-13(23-12)14(21)19-5-7-22-8-6-19/h1-4H,5-8H2,(H,16,20). The molecule has 2 amide bonds. The number of amides is 2. The zero-order valence-corrected chi connectivity index (χ0v) is 12.8. The number of rotatable bonds is 3. The van der Waals surface area contributed by atoms with E-state index in [2.05, 4.69) is 15.5 Å². The molecule has 1 fully saturated rings. The molecule has 0 unspecified atom stereocenters. The fraction of sp³-hybridized carbons (Fsp3) is 0.286. The lowest BCUT2D eigenvalue weighted by atomic mass is 10.3. The van der Waals surface area contributed by atoms with Crippen LogP contribution in [0.15, 0.2) is 24.3 Å². The summed E-state index contributed by atoms with van der Waals surface area (Å²) in [6, 6.07) is 5.36. The van der Waals surface area contributed by atoms with E-state index < -0.39 is 11.7 Å². The number of nitrogens with zero attached hydrogens (tertiary/aromatic N) is 3. The highest BCUT2D eigenvalue weighted by atomic mass is 32.1. The van der Waals surface area contributed by atoms with Crippen molar-refractivity contribution in [2.75, 3.05) is 31.6 Å². The third-order valence-electron chi connectivity index (χ3n) is 3.20. The van der Waals surface area contributed by atoms with Crippen LogP contribution >= 0.6 is 11.3 Å². The van der Waals surface area contributed by atoms with Gasteiger partial charge in [-0.05, 0) is 24.3 Å². The van der Waals surface area contributed by atoms with Gasteiger partial charge in [0.2, 0.25) is 10.0 Å². The number of hydrogen-bond donors (Lipinski definition) is 1. The zero-order valence-electron chi connectivity index (χ0n) is 12.0. The largest absolute Gasteiger partial charge is 0.378 e. The van der Waals surface area contributed by atoms with Crippen molar-refractivity contribution in [1.82, 2.24) is 15.1 Å². The summed E-state index contributed by atoms with van der Waals surface area (Å²) in [5.74, 6) is -1.14. The first-order chi connectivity index (χ1) is 11.1. The van der Waals surface area contributed by atoms with Crippen molar-refractivity contribution < 1.29 is 18.7 Å². The fourth-order valence-corrected chi connectivity index (χ4v) is 2.73. The Hall–Kier alpha value is -2.39. The zero-order chi connectivity index (χ0) is 16.2. The Bertz CT molecular complexity index is 713. The number of nitrogens with one attached hydrogen (secondary N) is 1. The van der Waals surface area contributed by atoms with E-state index in [1.807, 2.05) is 0 Å². The molecule has 0 aliphatic carbocycles. The highest BCUT2D eigenvalue weighted by Crippen LogP contribution is 2.16. The number of carbonyl (C=O) groups excluding carboxylic acids is 2. The SMILES string of the molecule is O=C(Nc1ccc(F)cc1)c1nnc(C(=O)N2CCOCC2)s1. The van der Waals surface area contributed by atoms with E-state index in [0.717, 1.165) is 11.3 Å². The smallest absolute Gasteiger partial charge is 0.286 e. The van der Waals surface area contributed by atoms with Gasteiger partial charge >= 0.3 is 0 Å². The van der Waals surface area contributed by atoms with Crippen LogP contribution in [0.5, 0.6) is 0 Å². The Labute approximate surface area is 135 Å². The van der Waals surface area contributed by atoms with E-state index in [0.29, 0.717) is 32.0 Å². The van der Waals surface area contributed by atoms with E-state index in [4.69, 9.17) is 4.74 Å². The van der Waals surface area contributed by atoms with Gasteiger partial charge in [-0.1, -0.05) is 11.3 Å². The highest BCUT2D eigenvalue weighted by molar-refractivity contribution is 7.15. The quantitative estimate of drug-likeness (QED) is 0.916. The van der Waals surface area contributed by atoms with Gasteiger partial charge in [-0.2, -0.15) is 0 Å². The van der Waals surface area contributed by atoms with Crippen molar-refractivity contribution in [3.8, 4) is 0 Å². The molecular formula is C14H13FN4O3S. The third-order valence-corrected chi connectivity index (χ3v) is 4.11. The van der Waals surface area contributed by atoms with E-state index in [9.17, 15) is 14.0 Å². The molecule has 0 atom stereocenters. The molecule has 1 aromatic carbocycles. The first-order valence-corrected chi connectivity index (χ1v) is 7.72. The van der Waals surface area contributed by atoms with Gasteiger partial charge in [0.15, 0.2) is 0 Å². The molecular weight excluding hydrogens is 323 g/mol. The van der Waals surface area contributed by atoms with Crippen LogP contribution in [0.4, 0.5) is 10.1 Å². The molecule has 23 heavy (non-hydrogen) atoms. The van der Waals surface area contributed by atoms with Crippen molar-refractivity contribution in [2.45, 2.75) is 0 Å². The predicted molar refractivity (Wildman–Crippen MR) is 81.0 cm³/mol. The number of ether oxygens (including phenoxy) is 1. The summed E-state index contributed by atoms with van der Waals surface area (Å²) < 4.78 is 18.0. The van der Waals surface area contributed by atoms with Gasteiger partial charge in [0.25, 0.3) is 11.8 Å². The summed E-state index contributed by atoms with van der Waals surface area (Å²) in [6.45, 7) is 1.97. The lowest BCUT2D eigenvalue weighted by molar-refractivity contribution is 0.0302. The Morgan fingerprint density at radius 2 is 1.78 bits per heavy atom. The minimum atomic E-state index is -0.491. The van der Waals surface area contributed by atoms with Gasteiger partial charge in [0.1, 0.15) is 5.82 Å². The van der Waals surface area contributed by atoms with E-state index >= 15 is 0 Å². The van der Waals surface area contributed by atoms with Crippen molar-refractivity contribution in [3.63, 3.8) is 0 Å². The second kappa shape index (κ2) is 6.80. The number of aromatic nitrogens is 2. The summed E-state index contributed by atoms with van der Waals surface area (Å²) in [5, 5.41) is 10.3. The molecule has 1 aromatic heterocycles. The van der Waals surface area contributed by atoms with Crippen LogP contribution in [0.3, 0.4) is 0 Å². The second-order valence-corrected chi connectivity index (χ2v) is 5.76. The van der Waals surface area contributed by atoms with Crippen LogP contribution in [-0.2, 0) is 4.74 Å². The average Bonchev–Trinajstić information content (AvgIpc) is 3.07. The van der Waals surface area contributed by atoms with Crippen LogP contribution in [-0.4, -0.2) is 53.2 Å². The van der Waals surface area contributed by atoms with Gasteiger partial charge in [-0.15, -0.1) is 10.2 Å². The summed E-state index contributed by atoms with van der Waals surface area (Å²) in [5.41, 5.74) is 0.438. The molecule has 120 valence electrons. The van der Waals surface area contributed by atoms with Crippen molar-refractivity contribution >= 4 is 28.8 Å². The molecule has 1 N–H and O–H groups in total. The van der Waals surface area contributed by atoms with Gasteiger partial charge in [0, 0.05) is 18.8 Å². The van der Waals surface area contributed by atoms with Gasteiger partial charge < -0.3 is 15.0 Å². The normalized spacial score (nSPS) is 14.6. The molecule has 2 aromatic rings. The maximum absolute atomic E-state index is 12.8. The Morgan fingerprint density at radius 3 is 2.48 bits per heavy atom. The summed E-state index contributed by atoms with van der Waals surface area (Å²) in [7, 11) is 0. The number of carbonyl (C=O) groups is 2. The highest BCUT2D eigenvalue weighted by Gasteiger charge is 2.23. The minimum absolute atomic E-state index is 0.0749. The molecule has 0 radical (unpaired) electrons. The fourth-order valence-electron chi connectivity index (χ4n) is 2.02. The first kappa shape index (κ1) is 15.5. The summed E-state index contributed by atoms with van der Waals surface area (Å²) >= 11 is 0.925. The number of halogens is 1. The molecule has 1 aliphatic rings. The van der Waals surface area contributed by atoms with Crippen LogP contribution in [0.25, 0.3) is 0 Å². The lowest BCUT2D eigenvalue weighted by Gasteiger charge is -2.25. The van der Waals surface area contributed by atoms with Crippen LogP contribution < -0.4 is 5.32 Å². The number of benzene rings is 1. The first-order valence-electron chi connectivity index (χ1n) is 6.91. The molecule has 7 nitrogen and oxygen atoms in total. The average molecular weight is 336 g/mol. The number of morpholine rings is 1. The van der Waals surface area contributed by atoms with Gasteiger partial charge in [-0.3, -0.25) is 9.59 Å². The monoisotopic (exact) mass is 336 g/mol. The number of hydrogen-bond acceptors (Lipinski definition) is 6.